The molecule has 0 aliphatic carbocycles. The number of carboxylic acid groups (broad SMARTS) is 2. The molecule has 1 rings (SSSR count). The molecule has 0 fully saturated rings. The third-order valence-corrected chi connectivity index (χ3v) is 2.34. The summed E-state index contributed by atoms with van der Waals surface area (Å²) >= 11 is 0.987. The first-order chi connectivity index (χ1) is 8.45. The molecule has 0 saturated carbocycles. The Kier molecular flexibility index (Phi) is 4.58. The number of aliphatic hydroxyl groups excluding tert-OH is 1. The number of aliphatic carboxylic acids is 2. The highest BCUT2D eigenvalue weighted by Gasteiger charge is 2.22. The largest absolute Gasteiger partial charge is 0.499 e. The average molecular weight is 271 g/mol. The van der Waals surface area contributed by atoms with Crippen molar-refractivity contribution in [2.75, 3.05) is 0 Å². The second-order valence-corrected chi connectivity index (χ2v) is 3.69. The van der Waals surface area contributed by atoms with Crippen molar-refractivity contribution in [1.29, 1.82) is 0 Å². The van der Waals surface area contributed by atoms with E-state index in [1.54, 1.807) is 12.1 Å². The monoisotopic (exact) mass is 271 g/mol. The van der Waals surface area contributed by atoms with E-state index in [9.17, 15) is 9.59 Å². The maximum atomic E-state index is 10.7. The lowest BCUT2D eigenvalue weighted by atomic mass is 10.3. The fourth-order valence-corrected chi connectivity index (χ4v) is 1.29. The highest BCUT2D eigenvalue weighted by atomic mass is 32.2. The first-order valence-corrected chi connectivity index (χ1v) is 5.38. The number of ether oxygens (including phenoxy) is 1. The maximum absolute atomic E-state index is 10.7. The summed E-state index contributed by atoms with van der Waals surface area (Å²) < 4.78 is 4.80. The normalized spacial score (nSPS) is 11.6. The van der Waals surface area contributed by atoms with E-state index in [0.717, 1.165) is 11.9 Å². The van der Waals surface area contributed by atoms with Gasteiger partial charge in [0, 0.05) is 4.90 Å². The van der Waals surface area contributed by atoms with E-state index in [1.807, 2.05) is 0 Å². The fraction of sp³-hybridized carbons (Fsp3) is 0. The van der Waals surface area contributed by atoms with E-state index >= 15 is 0 Å². The number of hydrogen-bond donors (Lipinski definition) is 4. The van der Waals surface area contributed by atoms with Crippen molar-refractivity contribution in [3.05, 3.63) is 35.8 Å². The van der Waals surface area contributed by atoms with Gasteiger partial charge in [-0.2, -0.15) is 0 Å². The Bertz CT molecular complexity index is 496. The van der Waals surface area contributed by atoms with E-state index in [-0.39, 0.29) is 5.75 Å². The molecule has 0 aliphatic rings. The van der Waals surface area contributed by atoms with Gasteiger partial charge in [0.05, 0.1) is 0 Å². The van der Waals surface area contributed by atoms with Crippen LogP contribution in [-0.4, -0.2) is 27.3 Å². The number of nitrogens with two attached hydrogens (primary N) is 1. The minimum absolute atomic E-state index is 0.0676. The number of rotatable bonds is 5. The number of aliphatic hydroxyl groups is 1. The predicted octanol–water partition coefficient (Wildman–Crippen LogP) is 0.970. The lowest BCUT2D eigenvalue weighted by Crippen LogP contribution is -2.15. The molecule has 7 nitrogen and oxygen atoms in total. The summed E-state index contributed by atoms with van der Waals surface area (Å²) in [5.41, 5.74) is 0. The van der Waals surface area contributed by atoms with Gasteiger partial charge in [-0.25, -0.2) is 9.59 Å². The molecule has 0 radical (unpaired) electrons. The van der Waals surface area contributed by atoms with Crippen LogP contribution in [0.15, 0.2) is 40.7 Å². The lowest BCUT2D eigenvalue weighted by Gasteiger charge is -2.07. The quantitative estimate of drug-likeness (QED) is 0.354. The van der Waals surface area contributed by atoms with Gasteiger partial charge >= 0.3 is 11.9 Å². The van der Waals surface area contributed by atoms with Gasteiger partial charge in [0.15, 0.2) is 0 Å². The Morgan fingerprint density at radius 1 is 1.06 bits per heavy atom. The minimum Gasteiger partial charge on any atom is -0.499 e. The molecule has 18 heavy (non-hydrogen) atoms. The molecule has 1 aromatic rings. The minimum atomic E-state index is -1.79. The van der Waals surface area contributed by atoms with Crippen LogP contribution in [0.4, 0.5) is 0 Å². The maximum Gasteiger partial charge on any atom is 0.376 e. The third-order valence-electron chi connectivity index (χ3n) is 1.79. The number of carbonyl (C=O) groups is 2. The average Bonchev–Trinajstić information content (AvgIpc) is 2.35. The van der Waals surface area contributed by atoms with Crippen molar-refractivity contribution in [3.63, 3.8) is 0 Å². The predicted molar refractivity (Wildman–Crippen MR) is 62.0 cm³/mol. The van der Waals surface area contributed by atoms with Crippen LogP contribution in [-0.2, 0) is 9.59 Å². The lowest BCUT2D eigenvalue weighted by molar-refractivity contribution is -0.140. The zero-order valence-corrected chi connectivity index (χ0v) is 9.68. The van der Waals surface area contributed by atoms with Gasteiger partial charge in [-0.05, 0) is 36.2 Å². The van der Waals surface area contributed by atoms with Crippen LogP contribution in [0.25, 0.3) is 0 Å². The van der Waals surface area contributed by atoms with Crippen molar-refractivity contribution < 1.29 is 29.6 Å². The zero-order chi connectivity index (χ0) is 13.7. The number of benzene rings is 1. The van der Waals surface area contributed by atoms with Gasteiger partial charge in [-0.1, -0.05) is 0 Å². The molecular weight excluding hydrogens is 262 g/mol. The topological polar surface area (TPSA) is 130 Å². The van der Waals surface area contributed by atoms with Crippen molar-refractivity contribution in [2.45, 2.75) is 4.90 Å². The first-order valence-electron chi connectivity index (χ1n) is 4.50. The molecule has 0 heterocycles. The van der Waals surface area contributed by atoms with Crippen LogP contribution in [0.1, 0.15) is 0 Å². The molecule has 1 aromatic carbocycles. The fourth-order valence-electron chi connectivity index (χ4n) is 0.995. The summed E-state index contributed by atoms with van der Waals surface area (Å²) in [6.45, 7) is 0. The highest BCUT2D eigenvalue weighted by Crippen LogP contribution is 2.20. The van der Waals surface area contributed by atoms with E-state index in [1.165, 1.54) is 12.1 Å². The smallest absolute Gasteiger partial charge is 0.376 e. The SMILES string of the molecule is NSc1ccc(O/C(C(=O)O)=C(\O)C(=O)O)cc1. The molecule has 8 heteroatoms. The highest BCUT2D eigenvalue weighted by molar-refractivity contribution is 7.97. The second kappa shape index (κ2) is 5.94. The van der Waals surface area contributed by atoms with Crippen LogP contribution in [0.3, 0.4) is 0 Å². The summed E-state index contributed by atoms with van der Waals surface area (Å²) in [4.78, 5) is 21.9. The molecule has 0 aliphatic heterocycles. The molecule has 5 N–H and O–H groups in total. The van der Waals surface area contributed by atoms with Crippen LogP contribution in [0.5, 0.6) is 5.75 Å². The van der Waals surface area contributed by atoms with Crippen LogP contribution in [0, 0.1) is 0 Å². The summed E-state index contributed by atoms with van der Waals surface area (Å²) in [7, 11) is 0. The molecule has 0 aromatic heterocycles. The van der Waals surface area contributed by atoms with Gasteiger partial charge in [0.25, 0.3) is 11.5 Å². The van der Waals surface area contributed by atoms with Gasteiger partial charge in [0.1, 0.15) is 5.75 Å². The van der Waals surface area contributed by atoms with E-state index in [4.69, 9.17) is 25.2 Å². The summed E-state index contributed by atoms with van der Waals surface area (Å²) in [6.07, 6.45) is 0. The summed E-state index contributed by atoms with van der Waals surface area (Å²) in [6, 6.07) is 5.90. The third kappa shape index (κ3) is 3.40. The number of hydrogen-bond acceptors (Lipinski definition) is 6. The Hall–Kier alpha value is -2.19. The molecular formula is C10H9NO6S. The van der Waals surface area contributed by atoms with E-state index in [0.29, 0.717) is 4.90 Å². The van der Waals surface area contributed by atoms with E-state index < -0.39 is 23.5 Å². The van der Waals surface area contributed by atoms with Crippen LogP contribution in [0.2, 0.25) is 0 Å². The van der Waals surface area contributed by atoms with Gasteiger partial charge in [0.2, 0.25) is 0 Å². The summed E-state index contributed by atoms with van der Waals surface area (Å²) in [5.74, 6) is -5.85. The van der Waals surface area contributed by atoms with Gasteiger partial charge < -0.3 is 20.1 Å². The molecule has 0 spiro atoms. The first kappa shape index (κ1) is 13.9. The van der Waals surface area contributed by atoms with Crippen molar-refractivity contribution in [3.8, 4) is 5.75 Å². The van der Waals surface area contributed by atoms with E-state index in [2.05, 4.69) is 0 Å². The Balaban J connectivity index is 3.01. The molecule has 0 amide bonds. The standard InChI is InChI=1S/C10H9NO6S/c11-18-6-3-1-5(2-4-6)17-8(10(15)16)7(12)9(13)14/h1-4,12H,11H2,(H,13,14)(H,15,16)/b8-7-. The van der Waals surface area contributed by atoms with Crippen LogP contribution < -0.4 is 9.88 Å². The Labute approximate surface area is 106 Å². The molecule has 0 saturated heterocycles. The van der Waals surface area contributed by atoms with Crippen molar-refractivity contribution >= 4 is 23.9 Å². The van der Waals surface area contributed by atoms with Gasteiger partial charge in [-0.15, -0.1) is 0 Å². The zero-order valence-electron chi connectivity index (χ0n) is 8.86. The van der Waals surface area contributed by atoms with Crippen LogP contribution >= 0.6 is 11.9 Å². The van der Waals surface area contributed by atoms with Crippen molar-refractivity contribution in [2.24, 2.45) is 5.14 Å². The molecule has 96 valence electrons. The molecule has 0 bridgehead atoms. The van der Waals surface area contributed by atoms with Crippen molar-refractivity contribution in [1.82, 2.24) is 0 Å². The molecule has 0 unspecified atom stereocenters. The Morgan fingerprint density at radius 3 is 2.00 bits per heavy atom. The van der Waals surface area contributed by atoms with Gasteiger partial charge in [-0.3, -0.25) is 5.14 Å². The second-order valence-electron chi connectivity index (χ2n) is 2.98. The Morgan fingerprint density at radius 2 is 1.61 bits per heavy atom. The number of carboxylic acids is 2. The molecule has 0 atom stereocenters. The summed E-state index contributed by atoms with van der Waals surface area (Å²) in [5, 5.41) is 31.6.